The third kappa shape index (κ3) is 3.35. The molecular weight excluding hydrogens is 255 g/mol. The van der Waals surface area contributed by atoms with Crippen molar-refractivity contribution < 1.29 is 9.13 Å². The van der Waals surface area contributed by atoms with E-state index in [4.69, 9.17) is 15.9 Å². The first-order valence-corrected chi connectivity index (χ1v) is 6.29. The van der Waals surface area contributed by atoms with E-state index in [0.29, 0.717) is 11.1 Å². The van der Waals surface area contributed by atoms with Crippen molar-refractivity contribution in [1.82, 2.24) is 0 Å². The summed E-state index contributed by atoms with van der Waals surface area (Å²) in [5.74, 6) is 0.202. The average molecular weight is 272 g/mol. The van der Waals surface area contributed by atoms with Crippen molar-refractivity contribution in [3.8, 4) is 5.75 Å². The maximum Gasteiger partial charge on any atom is 0.124 e. The van der Waals surface area contributed by atoms with Gasteiger partial charge in [-0.15, -0.1) is 0 Å². The van der Waals surface area contributed by atoms with Gasteiger partial charge in [-0.3, -0.25) is 5.41 Å². The summed E-state index contributed by atoms with van der Waals surface area (Å²) in [5, 5.41) is 7.36. The minimum atomic E-state index is -0.419. The Hall–Kier alpha value is -2.36. The average Bonchev–Trinajstić information content (AvgIpc) is 2.39. The van der Waals surface area contributed by atoms with E-state index < -0.39 is 5.82 Å². The summed E-state index contributed by atoms with van der Waals surface area (Å²) < 4.78 is 19.2. The zero-order valence-electron chi connectivity index (χ0n) is 11.5. The zero-order valence-corrected chi connectivity index (χ0v) is 11.5. The van der Waals surface area contributed by atoms with Gasteiger partial charge in [-0.2, -0.15) is 0 Å². The Morgan fingerprint density at radius 3 is 2.65 bits per heavy atom. The van der Waals surface area contributed by atoms with E-state index >= 15 is 0 Å². The summed E-state index contributed by atoms with van der Waals surface area (Å²) in [6.45, 7) is 4.19. The van der Waals surface area contributed by atoms with Crippen LogP contribution < -0.4 is 10.5 Å². The van der Waals surface area contributed by atoms with Crippen LogP contribution in [0.5, 0.6) is 5.75 Å². The maximum atomic E-state index is 13.4. The lowest BCUT2D eigenvalue weighted by molar-refractivity contribution is 0.303. The Morgan fingerprint density at radius 2 is 1.95 bits per heavy atom. The molecule has 2 rings (SSSR count). The highest BCUT2D eigenvalue weighted by atomic mass is 19.1. The van der Waals surface area contributed by atoms with E-state index in [-0.39, 0.29) is 12.4 Å². The summed E-state index contributed by atoms with van der Waals surface area (Å²) in [4.78, 5) is 0. The van der Waals surface area contributed by atoms with Crippen LogP contribution in [0.25, 0.3) is 0 Å². The van der Waals surface area contributed by atoms with Crippen LogP contribution in [0, 0.1) is 25.1 Å². The molecule has 0 fully saturated rings. The summed E-state index contributed by atoms with van der Waals surface area (Å²) in [5.41, 5.74) is 8.53. The van der Waals surface area contributed by atoms with Crippen LogP contribution in [0.4, 0.5) is 4.39 Å². The summed E-state index contributed by atoms with van der Waals surface area (Å²) >= 11 is 0. The largest absolute Gasteiger partial charge is 0.489 e. The number of ether oxygens (including phenoxy) is 1. The molecule has 3 nitrogen and oxygen atoms in total. The van der Waals surface area contributed by atoms with Crippen LogP contribution in [0.1, 0.15) is 22.3 Å². The molecule has 4 heteroatoms. The van der Waals surface area contributed by atoms with Crippen LogP contribution in [-0.2, 0) is 6.61 Å². The minimum Gasteiger partial charge on any atom is -0.489 e. The monoisotopic (exact) mass is 272 g/mol. The predicted molar refractivity (Wildman–Crippen MR) is 77.7 cm³/mol. The molecule has 2 aromatic carbocycles. The Bertz CT molecular complexity index is 653. The fourth-order valence-electron chi connectivity index (χ4n) is 1.91. The third-order valence-corrected chi connectivity index (χ3v) is 3.01. The second-order valence-electron chi connectivity index (χ2n) is 4.82. The molecule has 0 aliphatic heterocycles. The van der Waals surface area contributed by atoms with Crippen molar-refractivity contribution in [2.24, 2.45) is 5.73 Å². The summed E-state index contributed by atoms with van der Waals surface area (Å²) in [6.07, 6.45) is 0. The molecule has 0 atom stereocenters. The molecule has 0 aliphatic carbocycles. The highest BCUT2D eigenvalue weighted by molar-refractivity contribution is 5.95. The Balaban J connectivity index is 2.18. The quantitative estimate of drug-likeness (QED) is 0.662. The van der Waals surface area contributed by atoms with Crippen molar-refractivity contribution in [3.05, 3.63) is 64.5 Å². The number of nitrogens with one attached hydrogen (secondary N) is 1. The number of hydrogen-bond acceptors (Lipinski definition) is 2. The molecular formula is C16H17FN2O. The maximum absolute atomic E-state index is 13.4. The van der Waals surface area contributed by atoms with Crippen molar-refractivity contribution in [1.29, 1.82) is 5.41 Å². The van der Waals surface area contributed by atoms with Gasteiger partial charge in [-0.05, 0) is 54.8 Å². The fourth-order valence-corrected chi connectivity index (χ4v) is 1.91. The van der Waals surface area contributed by atoms with E-state index in [1.807, 2.05) is 32.0 Å². The van der Waals surface area contributed by atoms with Gasteiger partial charge in [-0.25, -0.2) is 4.39 Å². The number of halogens is 1. The molecule has 0 heterocycles. The van der Waals surface area contributed by atoms with Crippen LogP contribution in [0.2, 0.25) is 0 Å². The predicted octanol–water partition coefficient (Wildman–Crippen LogP) is 3.31. The molecule has 0 saturated heterocycles. The van der Waals surface area contributed by atoms with Gasteiger partial charge < -0.3 is 10.5 Å². The lowest BCUT2D eigenvalue weighted by Gasteiger charge is -2.11. The van der Waals surface area contributed by atoms with Gasteiger partial charge in [0.15, 0.2) is 0 Å². The topological polar surface area (TPSA) is 59.1 Å². The van der Waals surface area contributed by atoms with Gasteiger partial charge in [0.1, 0.15) is 24.0 Å². The Labute approximate surface area is 117 Å². The third-order valence-electron chi connectivity index (χ3n) is 3.01. The molecule has 2 aromatic rings. The smallest absolute Gasteiger partial charge is 0.124 e. The fraction of sp³-hybridized carbons (Fsp3) is 0.188. The Kier molecular flexibility index (Phi) is 4.03. The van der Waals surface area contributed by atoms with Crippen LogP contribution in [0.15, 0.2) is 36.4 Å². The molecule has 0 radical (unpaired) electrons. The van der Waals surface area contributed by atoms with Gasteiger partial charge in [0.2, 0.25) is 0 Å². The first-order chi connectivity index (χ1) is 9.45. The van der Waals surface area contributed by atoms with Crippen LogP contribution in [0.3, 0.4) is 0 Å². The molecule has 0 unspecified atom stereocenters. The second-order valence-corrected chi connectivity index (χ2v) is 4.82. The lowest BCUT2D eigenvalue weighted by atomic mass is 10.1. The molecule has 104 valence electrons. The molecule has 0 aromatic heterocycles. The van der Waals surface area contributed by atoms with Crippen molar-refractivity contribution in [2.45, 2.75) is 20.5 Å². The van der Waals surface area contributed by atoms with Gasteiger partial charge in [0.25, 0.3) is 0 Å². The van der Waals surface area contributed by atoms with E-state index in [2.05, 4.69) is 0 Å². The number of rotatable bonds is 4. The molecule has 3 N–H and O–H groups in total. The highest BCUT2D eigenvalue weighted by Crippen LogP contribution is 2.21. The normalized spacial score (nSPS) is 10.3. The Morgan fingerprint density at radius 1 is 1.20 bits per heavy atom. The van der Waals surface area contributed by atoms with Crippen molar-refractivity contribution in [3.63, 3.8) is 0 Å². The number of benzene rings is 2. The second kappa shape index (κ2) is 5.74. The molecule has 0 bridgehead atoms. The van der Waals surface area contributed by atoms with E-state index in [9.17, 15) is 4.39 Å². The number of aryl methyl sites for hydroxylation is 2. The molecule has 0 spiro atoms. The SMILES string of the molecule is Cc1ccc(C)c(OCc2cc(F)cc(C(=N)N)c2)c1. The first-order valence-electron chi connectivity index (χ1n) is 6.29. The lowest BCUT2D eigenvalue weighted by Crippen LogP contribution is -2.12. The number of amidine groups is 1. The standard InChI is InChI=1S/C16H17FN2O/c1-10-3-4-11(2)15(5-10)20-9-12-6-13(16(18)19)8-14(17)7-12/h3-8H,9H2,1-2H3,(H3,18,19). The van der Waals surface area contributed by atoms with Gasteiger partial charge in [0.05, 0.1) is 0 Å². The summed E-state index contributed by atoms with van der Waals surface area (Å²) in [7, 11) is 0. The number of nitrogen functional groups attached to an aromatic ring is 1. The van der Waals surface area contributed by atoms with Crippen LogP contribution in [-0.4, -0.2) is 5.84 Å². The van der Waals surface area contributed by atoms with E-state index in [1.54, 1.807) is 6.07 Å². The summed E-state index contributed by atoms with van der Waals surface area (Å²) in [6, 6.07) is 10.2. The highest BCUT2D eigenvalue weighted by Gasteiger charge is 2.05. The van der Waals surface area contributed by atoms with Crippen molar-refractivity contribution >= 4 is 5.84 Å². The first kappa shape index (κ1) is 14.1. The molecule has 0 saturated carbocycles. The molecule has 0 aliphatic rings. The molecule has 0 amide bonds. The van der Waals surface area contributed by atoms with E-state index in [0.717, 1.165) is 16.9 Å². The minimum absolute atomic E-state index is 0.155. The molecule has 20 heavy (non-hydrogen) atoms. The van der Waals surface area contributed by atoms with Gasteiger partial charge in [-0.1, -0.05) is 12.1 Å². The zero-order chi connectivity index (χ0) is 14.7. The number of nitrogens with two attached hydrogens (primary N) is 1. The van der Waals surface area contributed by atoms with E-state index in [1.165, 1.54) is 12.1 Å². The van der Waals surface area contributed by atoms with Crippen LogP contribution >= 0.6 is 0 Å². The van der Waals surface area contributed by atoms with Crippen molar-refractivity contribution in [2.75, 3.05) is 0 Å². The van der Waals surface area contributed by atoms with Gasteiger partial charge in [0, 0.05) is 5.56 Å². The number of hydrogen-bond donors (Lipinski definition) is 2. The van der Waals surface area contributed by atoms with Gasteiger partial charge >= 0.3 is 0 Å².